The van der Waals surface area contributed by atoms with Crippen molar-refractivity contribution in [2.24, 2.45) is 5.92 Å². The maximum atomic E-state index is 12.6. The second-order valence-electron chi connectivity index (χ2n) is 9.44. The Morgan fingerprint density at radius 1 is 1.00 bits per heavy atom. The largest absolute Gasteiger partial charge is 0.347 e. The van der Waals surface area contributed by atoms with Gasteiger partial charge in [-0.05, 0) is 57.7 Å². The fraction of sp³-hybridized carbons (Fsp3) is 0.609. The van der Waals surface area contributed by atoms with Gasteiger partial charge in [-0.2, -0.15) is 0 Å². The van der Waals surface area contributed by atoms with Crippen molar-refractivity contribution >= 4 is 23.5 Å². The SMILES string of the molecule is CC(C)(C)NC(=O)c1cccc(NC(=O)N2CCN(C(=O)CC3CCCC3)CC2)c1. The Bertz CT molecular complexity index is 773. The molecule has 1 aliphatic carbocycles. The highest BCUT2D eigenvalue weighted by Crippen LogP contribution is 2.28. The molecule has 0 spiro atoms. The van der Waals surface area contributed by atoms with E-state index in [-0.39, 0.29) is 23.4 Å². The molecule has 7 nitrogen and oxygen atoms in total. The molecule has 2 aliphatic rings. The van der Waals surface area contributed by atoms with Gasteiger partial charge in [0.1, 0.15) is 0 Å². The topological polar surface area (TPSA) is 81.8 Å². The van der Waals surface area contributed by atoms with E-state index in [1.54, 1.807) is 29.2 Å². The third-order valence-corrected chi connectivity index (χ3v) is 5.72. The van der Waals surface area contributed by atoms with Gasteiger partial charge in [-0.3, -0.25) is 9.59 Å². The zero-order valence-electron chi connectivity index (χ0n) is 18.4. The molecule has 7 heteroatoms. The first-order valence-corrected chi connectivity index (χ1v) is 11.0. The predicted molar refractivity (Wildman–Crippen MR) is 117 cm³/mol. The van der Waals surface area contributed by atoms with Gasteiger partial charge in [0, 0.05) is 49.4 Å². The summed E-state index contributed by atoms with van der Waals surface area (Å²) in [5.74, 6) is 0.592. The monoisotopic (exact) mass is 414 g/mol. The summed E-state index contributed by atoms with van der Waals surface area (Å²) in [5.41, 5.74) is 0.761. The number of amides is 4. The second kappa shape index (κ2) is 9.49. The third kappa shape index (κ3) is 6.21. The highest BCUT2D eigenvalue weighted by atomic mass is 16.2. The molecule has 0 unspecified atom stereocenters. The molecule has 0 atom stereocenters. The van der Waals surface area contributed by atoms with Crippen LogP contribution in [0.5, 0.6) is 0 Å². The van der Waals surface area contributed by atoms with Crippen LogP contribution in [0.4, 0.5) is 10.5 Å². The van der Waals surface area contributed by atoms with E-state index in [9.17, 15) is 14.4 Å². The fourth-order valence-corrected chi connectivity index (χ4v) is 4.10. The van der Waals surface area contributed by atoms with E-state index in [2.05, 4.69) is 10.6 Å². The minimum absolute atomic E-state index is 0.173. The summed E-state index contributed by atoms with van der Waals surface area (Å²) in [6, 6.07) is 6.73. The Morgan fingerprint density at radius 2 is 1.63 bits per heavy atom. The van der Waals surface area contributed by atoms with Crippen LogP contribution in [0, 0.1) is 5.92 Å². The van der Waals surface area contributed by atoms with Crippen LogP contribution < -0.4 is 10.6 Å². The first-order chi connectivity index (χ1) is 14.2. The molecule has 1 aliphatic heterocycles. The van der Waals surface area contributed by atoms with Crippen LogP contribution in [0.15, 0.2) is 24.3 Å². The molecule has 4 amide bonds. The molecule has 0 radical (unpaired) electrons. The highest BCUT2D eigenvalue weighted by molar-refractivity contribution is 5.97. The van der Waals surface area contributed by atoms with Crippen LogP contribution in [-0.2, 0) is 4.79 Å². The van der Waals surface area contributed by atoms with Gasteiger partial charge in [-0.1, -0.05) is 18.9 Å². The molecule has 164 valence electrons. The van der Waals surface area contributed by atoms with Gasteiger partial charge in [-0.15, -0.1) is 0 Å². The Morgan fingerprint density at radius 3 is 2.27 bits per heavy atom. The van der Waals surface area contributed by atoms with Crippen LogP contribution in [0.25, 0.3) is 0 Å². The van der Waals surface area contributed by atoms with Crippen molar-refractivity contribution in [3.8, 4) is 0 Å². The summed E-state index contributed by atoms with van der Waals surface area (Å²) in [6.45, 7) is 7.97. The maximum absolute atomic E-state index is 12.6. The zero-order chi connectivity index (χ0) is 21.7. The number of hydrogen-bond acceptors (Lipinski definition) is 3. The summed E-state index contributed by atoms with van der Waals surface area (Å²) in [4.78, 5) is 41.1. The van der Waals surface area contributed by atoms with Crippen molar-refractivity contribution in [3.63, 3.8) is 0 Å². The molecule has 0 bridgehead atoms. The lowest BCUT2D eigenvalue weighted by atomic mass is 10.0. The van der Waals surface area contributed by atoms with E-state index in [1.807, 2.05) is 25.7 Å². The lowest BCUT2D eigenvalue weighted by Crippen LogP contribution is -2.51. The number of nitrogens with zero attached hydrogens (tertiary/aromatic N) is 2. The van der Waals surface area contributed by atoms with E-state index < -0.39 is 0 Å². The number of benzene rings is 1. The fourth-order valence-electron chi connectivity index (χ4n) is 4.10. The van der Waals surface area contributed by atoms with E-state index in [0.29, 0.717) is 49.8 Å². The van der Waals surface area contributed by atoms with Crippen molar-refractivity contribution in [1.29, 1.82) is 0 Å². The summed E-state index contributed by atoms with van der Waals surface area (Å²) in [6.07, 6.45) is 5.47. The van der Waals surface area contributed by atoms with Crippen LogP contribution in [0.3, 0.4) is 0 Å². The van der Waals surface area contributed by atoms with Gasteiger partial charge in [0.2, 0.25) is 5.91 Å². The van der Waals surface area contributed by atoms with E-state index in [0.717, 1.165) is 0 Å². The van der Waals surface area contributed by atoms with Gasteiger partial charge in [0.05, 0.1) is 0 Å². The number of anilines is 1. The van der Waals surface area contributed by atoms with Crippen molar-refractivity contribution in [1.82, 2.24) is 15.1 Å². The summed E-state index contributed by atoms with van der Waals surface area (Å²) in [7, 11) is 0. The number of rotatable bonds is 4. The van der Waals surface area contributed by atoms with Crippen molar-refractivity contribution in [3.05, 3.63) is 29.8 Å². The van der Waals surface area contributed by atoms with Crippen molar-refractivity contribution in [2.45, 2.75) is 58.4 Å². The Labute approximate surface area is 179 Å². The number of hydrogen-bond donors (Lipinski definition) is 2. The number of nitrogens with one attached hydrogen (secondary N) is 2. The zero-order valence-corrected chi connectivity index (χ0v) is 18.4. The van der Waals surface area contributed by atoms with Crippen LogP contribution >= 0.6 is 0 Å². The van der Waals surface area contributed by atoms with Gasteiger partial charge < -0.3 is 20.4 Å². The molecule has 1 saturated carbocycles. The molecular formula is C23H34N4O3. The molecule has 1 aromatic rings. The van der Waals surface area contributed by atoms with Gasteiger partial charge in [-0.25, -0.2) is 4.79 Å². The number of carbonyl (C=O) groups excluding carboxylic acids is 3. The molecule has 1 saturated heterocycles. The van der Waals surface area contributed by atoms with E-state index in [1.165, 1.54) is 25.7 Å². The summed E-state index contributed by atoms with van der Waals surface area (Å²) < 4.78 is 0. The number of urea groups is 1. The van der Waals surface area contributed by atoms with Crippen LogP contribution in [0.2, 0.25) is 0 Å². The minimum atomic E-state index is -0.328. The Hall–Kier alpha value is -2.57. The number of piperazine rings is 1. The van der Waals surface area contributed by atoms with Gasteiger partial charge >= 0.3 is 6.03 Å². The average molecular weight is 415 g/mol. The van der Waals surface area contributed by atoms with Crippen molar-refractivity contribution in [2.75, 3.05) is 31.5 Å². The Kier molecular flexibility index (Phi) is 7.00. The summed E-state index contributed by atoms with van der Waals surface area (Å²) in [5, 5.41) is 5.80. The average Bonchev–Trinajstić information content (AvgIpc) is 3.20. The summed E-state index contributed by atoms with van der Waals surface area (Å²) >= 11 is 0. The van der Waals surface area contributed by atoms with E-state index in [4.69, 9.17) is 0 Å². The molecule has 2 N–H and O–H groups in total. The molecule has 1 heterocycles. The molecule has 30 heavy (non-hydrogen) atoms. The van der Waals surface area contributed by atoms with Crippen LogP contribution in [-0.4, -0.2) is 59.4 Å². The first-order valence-electron chi connectivity index (χ1n) is 11.0. The first kappa shape index (κ1) is 22.1. The minimum Gasteiger partial charge on any atom is -0.347 e. The molecule has 1 aromatic carbocycles. The normalized spacial score (nSPS) is 17.7. The lowest BCUT2D eigenvalue weighted by Gasteiger charge is -2.35. The van der Waals surface area contributed by atoms with E-state index >= 15 is 0 Å². The third-order valence-electron chi connectivity index (χ3n) is 5.72. The molecular weight excluding hydrogens is 380 g/mol. The lowest BCUT2D eigenvalue weighted by molar-refractivity contribution is -0.133. The maximum Gasteiger partial charge on any atom is 0.321 e. The Balaban J connectivity index is 1.49. The van der Waals surface area contributed by atoms with Gasteiger partial charge in [0.25, 0.3) is 5.91 Å². The molecule has 2 fully saturated rings. The highest BCUT2D eigenvalue weighted by Gasteiger charge is 2.27. The van der Waals surface area contributed by atoms with Gasteiger partial charge in [0.15, 0.2) is 0 Å². The van der Waals surface area contributed by atoms with Crippen LogP contribution in [0.1, 0.15) is 63.2 Å². The second-order valence-corrected chi connectivity index (χ2v) is 9.44. The number of carbonyl (C=O) groups is 3. The quantitative estimate of drug-likeness (QED) is 0.791. The standard InChI is InChI=1S/C23H34N4O3/c1-23(2,3)25-21(29)18-9-6-10-19(16-18)24-22(30)27-13-11-26(12-14-27)20(28)15-17-7-4-5-8-17/h6,9-10,16-17H,4-5,7-8,11-15H2,1-3H3,(H,24,30)(H,25,29). The molecule has 0 aromatic heterocycles. The van der Waals surface area contributed by atoms with Crippen molar-refractivity contribution < 1.29 is 14.4 Å². The molecule has 3 rings (SSSR count). The predicted octanol–water partition coefficient (Wildman–Crippen LogP) is 3.47. The smallest absolute Gasteiger partial charge is 0.321 e.